The highest BCUT2D eigenvalue weighted by Gasteiger charge is 2.37. The molecule has 2 N–H and O–H groups in total. The van der Waals surface area contributed by atoms with Gasteiger partial charge in [-0.25, -0.2) is 9.97 Å². The van der Waals surface area contributed by atoms with Crippen molar-refractivity contribution in [1.29, 1.82) is 0 Å². The molecule has 0 bridgehead atoms. The Hall–Kier alpha value is -6.46. The Bertz CT molecular complexity index is 2660. The summed E-state index contributed by atoms with van der Waals surface area (Å²) in [5.74, 6) is 1.53. The topological polar surface area (TPSA) is 119 Å². The van der Waals surface area contributed by atoms with E-state index >= 15 is 0 Å². The van der Waals surface area contributed by atoms with Gasteiger partial charge in [0, 0.05) is 61.8 Å². The number of ether oxygens (including phenoxy) is 2. The highest BCUT2D eigenvalue weighted by Crippen LogP contribution is 2.48. The molecule has 2 aliphatic rings. The number of alkyl halides is 6. The van der Waals surface area contributed by atoms with Crippen molar-refractivity contribution in [3.63, 3.8) is 0 Å². The fraction of sp³-hybridized carbons (Fsp3) is 0.481. The van der Waals surface area contributed by atoms with Gasteiger partial charge in [-0.05, 0) is 160 Å². The van der Waals surface area contributed by atoms with Crippen molar-refractivity contribution in [2.24, 2.45) is 22.7 Å². The van der Waals surface area contributed by atoms with E-state index in [1.165, 1.54) is 48.5 Å². The number of nitrogens with zero attached hydrogens (tertiary/aromatic N) is 6. The normalized spacial score (nSPS) is 19.8. The number of nitrogens with one attached hydrogen (secondary N) is 2. The van der Waals surface area contributed by atoms with E-state index in [0.717, 1.165) is 60.6 Å². The number of imidazole rings is 2. The highest BCUT2D eigenvalue weighted by molar-refractivity contribution is 5.98. The Balaban J connectivity index is 0.000000211. The molecule has 2 saturated carbocycles. The van der Waals surface area contributed by atoms with Crippen LogP contribution in [0.15, 0.2) is 84.9 Å². The van der Waals surface area contributed by atoms with Crippen molar-refractivity contribution in [2.45, 2.75) is 119 Å². The molecular formula is C54H66F6N8O4. The molecule has 18 heteroatoms. The van der Waals surface area contributed by atoms with Crippen molar-refractivity contribution >= 4 is 57.2 Å². The molecule has 388 valence electrons. The third-order valence-electron chi connectivity index (χ3n) is 13.7. The van der Waals surface area contributed by atoms with Crippen LogP contribution < -0.4 is 20.1 Å². The van der Waals surface area contributed by atoms with Crippen molar-refractivity contribution in [3.8, 4) is 11.5 Å². The largest absolute Gasteiger partial charge is 0.573 e. The molecular weight excluding hydrogens is 939 g/mol. The molecule has 0 aliphatic heterocycles. The molecule has 2 fully saturated rings. The first-order valence-corrected chi connectivity index (χ1v) is 24.5. The third kappa shape index (κ3) is 13.1. The lowest BCUT2D eigenvalue weighted by molar-refractivity contribution is -0.275. The van der Waals surface area contributed by atoms with Crippen LogP contribution in [-0.4, -0.2) is 80.6 Å². The minimum Gasteiger partial charge on any atom is -0.406 e. The van der Waals surface area contributed by atoms with Crippen LogP contribution in [0.3, 0.4) is 0 Å². The summed E-state index contributed by atoms with van der Waals surface area (Å²) in [6.07, 6.45) is -3.40. The predicted molar refractivity (Wildman–Crippen MR) is 269 cm³/mol. The summed E-state index contributed by atoms with van der Waals surface area (Å²) < 4.78 is 87.6. The lowest BCUT2D eigenvalue weighted by Gasteiger charge is -2.40. The van der Waals surface area contributed by atoms with Gasteiger partial charge in [0.25, 0.3) is 11.8 Å². The molecule has 0 saturated heterocycles. The lowest BCUT2D eigenvalue weighted by atomic mass is 9.70. The molecule has 0 spiro atoms. The minimum absolute atomic E-state index is 0.0562. The van der Waals surface area contributed by atoms with Gasteiger partial charge in [0.15, 0.2) is 0 Å². The van der Waals surface area contributed by atoms with Gasteiger partial charge in [-0.15, -0.1) is 26.3 Å². The number of aromatic nitrogens is 4. The second kappa shape index (κ2) is 20.9. The number of hydrogen-bond donors (Lipinski definition) is 2. The summed E-state index contributed by atoms with van der Waals surface area (Å²) in [6, 6.07) is 22.6. The standard InChI is InChI=1S/2C27H33F3N4O2/c2*1-6-33(5)24(35)18-7-12-22-23(14-18)34(20-13-17(2)15-26(3,4)16-20)25(32-22)31-19-8-10-21(11-9-19)36-27(28,29)30/h2*7-12,14,17,20H,6,13,15-16H2,1-5H3,(H,31,32)/t2*17-,20+/m10/s1. The van der Waals surface area contributed by atoms with Crippen LogP contribution >= 0.6 is 0 Å². The van der Waals surface area contributed by atoms with Crippen LogP contribution in [0.1, 0.15) is 127 Å². The first-order chi connectivity index (χ1) is 33.7. The van der Waals surface area contributed by atoms with Crippen LogP contribution in [0.5, 0.6) is 11.5 Å². The molecule has 8 rings (SSSR count). The van der Waals surface area contributed by atoms with E-state index in [1.54, 1.807) is 36.0 Å². The number of carbonyl (C=O) groups excluding carboxylic acids is 2. The summed E-state index contributed by atoms with van der Waals surface area (Å²) >= 11 is 0. The average molecular weight is 1010 g/mol. The van der Waals surface area contributed by atoms with E-state index in [-0.39, 0.29) is 46.2 Å². The van der Waals surface area contributed by atoms with Gasteiger partial charge < -0.3 is 39.0 Å². The molecule has 12 nitrogen and oxygen atoms in total. The van der Waals surface area contributed by atoms with Crippen molar-refractivity contribution in [2.75, 3.05) is 37.8 Å². The van der Waals surface area contributed by atoms with E-state index in [4.69, 9.17) is 9.97 Å². The monoisotopic (exact) mass is 1000 g/mol. The summed E-state index contributed by atoms with van der Waals surface area (Å²) in [5.41, 5.74) is 5.87. The Morgan fingerprint density at radius 2 is 0.944 bits per heavy atom. The van der Waals surface area contributed by atoms with Gasteiger partial charge in [0.05, 0.1) is 22.1 Å². The van der Waals surface area contributed by atoms with Crippen LogP contribution in [0.2, 0.25) is 0 Å². The molecule has 72 heavy (non-hydrogen) atoms. The zero-order chi connectivity index (χ0) is 52.5. The summed E-state index contributed by atoms with van der Waals surface area (Å²) in [6.45, 7) is 18.7. The summed E-state index contributed by atoms with van der Waals surface area (Å²) in [7, 11) is 3.54. The number of fused-ring (bicyclic) bond motifs is 2. The SMILES string of the molecule is CCN(C)C(=O)c1ccc2nc(Nc3ccc(OC(F)(F)F)cc3)n([C@@H]3C[C@H](C)CC(C)(C)C3)c2c1.CCN(C)C(=O)c1ccc2nc(Nc3ccc(OC(F)(F)F)cc3)n([C@H]3C[C@@H](C)CC(C)(C)C3)c2c1. The molecule has 2 aliphatic carbocycles. The molecule has 4 aromatic carbocycles. The van der Waals surface area contributed by atoms with E-state index < -0.39 is 12.7 Å². The summed E-state index contributed by atoms with van der Waals surface area (Å²) in [4.78, 5) is 38.7. The second-order valence-electron chi connectivity index (χ2n) is 21.2. The van der Waals surface area contributed by atoms with E-state index in [2.05, 4.69) is 70.8 Å². The maximum atomic E-state index is 12.9. The Morgan fingerprint density at radius 3 is 1.25 bits per heavy atom. The molecule has 0 radical (unpaired) electrons. The Kier molecular flexibility index (Phi) is 15.5. The van der Waals surface area contributed by atoms with Gasteiger partial charge in [-0.2, -0.15) is 0 Å². The van der Waals surface area contributed by atoms with Gasteiger partial charge >= 0.3 is 12.7 Å². The van der Waals surface area contributed by atoms with Crippen molar-refractivity contribution < 1.29 is 45.4 Å². The average Bonchev–Trinajstić information content (AvgIpc) is 3.83. The summed E-state index contributed by atoms with van der Waals surface area (Å²) in [5, 5.41) is 6.59. The number of benzene rings is 4. The second-order valence-corrected chi connectivity index (χ2v) is 21.2. The molecule has 2 heterocycles. The highest BCUT2D eigenvalue weighted by atomic mass is 19.4. The molecule has 0 unspecified atom stereocenters. The van der Waals surface area contributed by atoms with Gasteiger partial charge in [-0.1, -0.05) is 41.5 Å². The first kappa shape index (κ1) is 53.3. The number of carbonyl (C=O) groups is 2. The smallest absolute Gasteiger partial charge is 0.406 e. The quantitative estimate of drug-likeness (QED) is 0.116. The van der Waals surface area contributed by atoms with Crippen molar-refractivity contribution in [3.05, 3.63) is 96.1 Å². The number of anilines is 4. The van der Waals surface area contributed by atoms with E-state index in [0.29, 0.717) is 59.3 Å². The fourth-order valence-corrected chi connectivity index (χ4v) is 10.8. The van der Waals surface area contributed by atoms with Crippen LogP contribution in [0, 0.1) is 22.7 Å². The van der Waals surface area contributed by atoms with E-state index in [1.807, 2.05) is 38.1 Å². The van der Waals surface area contributed by atoms with Crippen LogP contribution in [-0.2, 0) is 0 Å². The van der Waals surface area contributed by atoms with Gasteiger partial charge in [-0.3, -0.25) is 9.59 Å². The van der Waals surface area contributed by atoms with Crippen LogP contribution in [0.25, 0.3) is 22.1 Å². The fourth-order valence-electron chi connectivity index (χ4n) is 10.8. The minimum atomic E-state index is -4.74. The molecule has 2 aromatic heterocycles. The number of hydrogen-bond acceptors (Lipinski definition) is 8. The number of halogens is 6. The Morgan fingerprint density at radius 1 is 0.597 bits per heavy atom. The first-order valence-electron chi connectivity index (χ1n) is 24.5. The molecule has 2 amide bonds. The maximum absolute atomic E-state index is 12.9. The molecule has 4 atom stereocenters. The van der Waals surface area contributed by atoms with Crippen molar-refractivity contribution in [1.82, 2.24) is 28.9 Å². The Labute approximate surface area is 417 Å². The van der Waals surface area contributed by atoms with E-state index in [9.17, 15) is 35.9 Å². The van der Waals surface area contributed by atoms with Crippen LogP contribution in [0.4, 0.5) is 49.6 Å². The number of rotatable bonds is 12. The zero-order valence-corrected chi connectivity index (χ0v) is 42.6. The zero-order valence-electron chi connectivity index (χ0n) is 42.6. The van der Waals surface area contributed by atoms with Gasteiger partial charge in [0.2, 0.25) is 11.9 Å². The molecule has 6 aromatic rings. The predicted octanol–water partition coefficient (Wildman–Crippen LogP) is 14.3. The third-order valence-corrected chi connectivity index (χ3v) is 13.7. The number of amides is 2. The van der Waals surface area contributed by atoms with Gasteiger partial charge in [0.1, 0.15) is 11.5 Å². The lowest BCUT2D eigenvalue weighted by Crippen LogP contribution is -2.30. The maximum Gasteiger partial charge on any atom is 0.573 e.